The fourth-order valence-electron chi connectivity index (χ4n) is 1.59. The Hall–Kier alpha value is -1.20. The van der Waals surface area contributed by atoms with E-state index >= 15 is 0 Å². The van der Waals surface area contributed by atoms with E-state index in [9.17, 15) is 9.18 Å². The fourth-order valence-corrected chi connectivity index (χ4v) is 2.26. The molecule has 0 radical (unpaired) electrons. The van der Waals surface area contributed by atoms with Crippen LogP contribution >= 0.6 is 31.9 Å². The average Bonchev–Trinajstić information content (AvgIpc) is 2.37. The van der Waals surface area contributed by atoms with E-state index in [-0.39, 0.29) is 18.1 Å². The summed E-state index contributed by atoms with van der Waals surface area (Å²) in [5, 5.41) is 2.72. The molecule has 0 aliphatic heterocycles. The molecule has 0 saturated carbocycles. The van der Waals surface area contributed by atoms with Crippen LogP contribution in [0.25, 0.3) is 0 Å². The maximum Gasteiger partial charge on any atom is 0.228 e. The van der Waals surface area contributed by atoms with E-state index in [4.69, 9.17) is 0 Å². The largest absolute Gasteiger partial charge is 0.326 e. The van der Waals surface area contributed by atoms with E-state index in [1.807, 2.05) is 12.1 Å². The van der Waals surface area contributed by atoms with Gasteiger partial charge < -0.3 is 5.32 Å². The van der Waals surface area contributed by atoms with Crippen molar-refractivity contribution in [2.45, 2.75) is 6.42 Å². The summed E-state index contributed by atoms with van der Waals surface area (Å²) in [5.74, 6) is -0.631. The lowest BCUT2D eigenvalue weighted by molar-refractivity contribution is -0.115. The van der Waals surface area contributed by atoms with Crippen LogP contribution in [0.4, 0.5) is 10.1 Å². The van der Waals surface area contributed by atoms with Crippen molar-refractivity contribution in [3.63, 3.8) is 0 Å². The first-order chi connectivity index (χ1) is 9.04. The first kappa shape index (κ1) is 14.2. The number of amides is 1. The molecule has 1 amide bonds. The van der Waals surface area contributed by atoms with Crippen molar-refractivity contribution in [3.05, 3.63) is 62.8 Å². The first-order valence-corrected chi connectivity index (χ1v) is 7.12. The van der Waals surface area contributed by atoms with E-state index in [1.54, 1.807) is 24.3 Å². The zero-order valence-corrected chi connectivity index (χ0v) is 13.0. The Balaban J connectivity index is 2.05. The van der Waals surface area contributed by atoms with Gasteiger partial charge in [0.15, 0.2) is 0 Å². The Labute approximate surface area is 127 Å². The lowest BCUT2D eigenvalue weighted by Crippen LogP contribution is -2.15. The lowest BCUT2D eigenvalue weighted by Gasteiger charge is -2.06. The second-order valence-corrected chi connectivity index (χ2v) is 5.80. The third-order valence-electron chi connectivity index (χ3n) is 2.49. The van der Waals surface area contributed by atoms with Crippen molar-refractivity contribution in [2.24, 2.45) is 0 Å². The molecule has 0 bridgehead atoms. The number of rotatable bonds is 3. The van der Waals surface area contributed by atoms with E-state index in [1.165, 1.54) is 6.07 Å². The number of carbonyl (C=O) groups is 1. The van der Waals surface area contributed by atoms with Crippen molar-refractivity contribution in [1.82, 2.24) is 0 Å². The molecule has 5 heteroatoms. The van der Waals surface area contributed by atoms with Gasteiger partial charge in [-0.2, -0.15) is 0 Å². The van der Waals surface area contributed by atoms with E-state index in [0.717, 1.165) is 8.95 Å². The molecule has 2 nitrogen and oxygen atoms in total. The summed E-state index contributed by atoms with van der Waals surface area (Å²) in [4.78, 5) is 11.8. The SMILES string of the molecule is O=C(Cc1cc(Br)ccc1F)Nc1ccc(Br)cc1. The van der Waals surface area contributed by atoms with Crippen molar-refractivity contribution in [3.8, 4) is 0 Å². The van der Waals surface area contributed by atoms with E-state index in [0.29, 0.717) is 11.3 Å². The molecule has 0 aliphatic carbocycles. The number of hydrogen-bond acceptors (Lipinski definition) is 1. The molecule has 98 valence electrons. The molecule has 2 rings (SSSR count). The van der Waals surface area contributed by atoms with Crippen LogP contribution in [0.5, 0.6) is 0 Å². The quantitative estimate of drug-likeness (QED) is 0.824. The number of benzene rings is 2. The van der Waals surface area contributed by atoms with Crippen LogP contribution in [0.15, 0.2) is 51.4 Å². The molecule has 0 aromatic heterocycles. The summed E-state index contributed by atoms with van der Waals surface area (Å²) in [6.45, 7) is 0. The van der Waals surface area contributed by atoms with Gasteiger partial charge >= 0.3 is 0 Å². The van der Waals surface area contributed by atoms with E-state index in [2.05, 4.69) is 37.2 Å². The van der Waals surface area contributed by atoms with Gasteiger partial charge in [0.25, 0.3) is 0 Å². The first-order valence-electron chi connectivity index (χ1n) is 5.54. The molecular weight excluding hydrogens is 377 g/mol. The summed E-state index contributed by atoms with van der Waals surface area (Å²) < 4.78 is 15.2. The van der Waals surface area contributed by atoms with Gasteiger partial charge in [-0.05, 0) is 48.0 Å². The number of halogens is 3. The summed E-state index contributed by atoms with van der Waals surface area (Å²) in [6, 6.07) is 11.8. The zero-order valence-electron chi connectivity index (χ0n) is 9.79. The molecule has 2 aromatic carbocycles. The highest BCUT2D eigenvalue weighted by molar-refractivity contribution is 9.10. The molecule has 0 unspecified atom stereocenters. The average molecular weight is 387 g/mol. The molecular formula is C14H10Br2FNO. The van der Waals surface area contributed by atoms with Gasteiger partial charge in [-0.25, -0.2) is 4.39 Å². The van der Waals surface area contributed by atoms with Gasteiger partial charge in [-0.1, -0.05) is 31.9 Å². The highest BCUT2D eigenvalue weighted by Crippen LogP contribution is 2.17. The minimum atomic E-state index is -0.380. The van der Waals surface area contributed by atoms with Gasteiger partial charge in [0.2, 0.25) is 5.91 Å². The topological polar surface area (TPSA) is 29.1 Å². The van der Waals surface area contributed by atoms with Crippen molar-refractivity contribution >= 4 is 43.5 Å². The van der Waals surface area contributed by atoms with Gasteiger partial charge in [0.05, 0.1) is 6.42 Å². The Morgan fingerprint density at radius 3 is 2.37 bits per heavy atom. The molecule has 0 fully saturated rings. The number of carbonyl (C=O) groups excluding carboxylic acids is 1. The highest BCUT2D eigenvalue weighted by Gasteiger charge is 2.09. The third kappa shape index (κ3) is 4.14. The molecule has 1 N–H and O–H groups in total. The number of anilines is 1. The van der Waals surface area contributed by atoms with Crippen LogP contribution in [-0.2, 0) is 11.2 Å². The smallest absolute Gasteiger partial charge is 0.228 e. The monoisotopic (exact) mass is 385 g/mol. The second-order valence-electron chi connectivity index (χ2n) is 3.97. The lowest BCUT2D eigenvalue weighted by atomic mass is 10.1. The van der Waals surface area contributed by atoms with Crippen molar-refractivity contribution < 1.29 is 9.18 Å². The molecule has 19 heavy (non-hydrogen) atoms. The van der Waals surface area contributed by atoms with Crippen molar-refractivity contribution in [2.75, 3.05) is 5.32 Å². The van der Waals surface area contributed by atoms with Crippen LogP contribution in [0, 0.1) is 5.82 Å². The van der Waals surface area contributed by atoms with Gasteiger partial charge in [0, 0.05) is 14.6 Å². The van der Waals surface area contributed by atoms with Gasteiger partial charge in [-0.3, -0.25) is 4.79 Å². The Morgan fingerprint density at radius 2 is 1.68 bits per heavy atom. The maximum atomic E-state index is 13.5. The molecule has 0 spiro atoms. The maximum absolute atomic E-state index is 13.5. The molecule has 0 aliphatic rings. The van der Waals surface area contributed by atoms with Crippen LogP contribution in [0.3, 0.4) is 0 Å². The van der Waals surface area contributed by atoms with Crippen molar-refractivity contribution in [1.29, 1.82) is 0 Å². The number of nitrogens with one attached hydrogen (secondary N) is 1. The highest BCUT2D eigenvalue weighted by atomic mass is 79.9. The Morgan fingerprint density at radius 1 is 1.05 bits per heavy atom. The molecule has 0 atom stereocenters. The zero-order chi connectivity index (χ0) is 13.8. The van der Waals surface area contributed by atoms with Gasteiger partial charge in [-0.15, -0.1) is 0 Å². The summed E-state index contributed by atoms with van der Waals surface area (Å²) >= 11 is 6.57. The Kier molecular flexibility index (Phi) is 4.71. The minimum absolute atomic E-state index is 0.00133. The van der Waals surface area contributed by atoms with Crippen LogP contribution < -0.4 is 5.32 Å². The van der Waals surface area contributed by atoms with Crippen LogP contribution in [0.1, 0.15) is 5.56 Å². The fraction of sp³-hybridized carbons (Fsp3) is 0.0714. The van der Waals surface area contributed by atoms with Crippen LogP contribution in [0.2, 0.25) is 0 Å². The van der Waals surface area contributed by atoms with E-state index < -0.39 is 0 Å². The summed E-state index contributed by atoms with van der Waals surface area (Å²) in [6.07, 6.45) is 0.00133. The summed E-state index contributed by atoms with van der Waals surface area (Å²) in [5.41, 5.74) is 1.05. The molecule has 0 saturated heterocycles. The normalized spacial score (nSPS) is 10.3. The number of hydrogen-bond donors (Lipinski definition) is 1. The molecule has 2 aromatic rings. The molecule has 0 heterocycles. The van der Waals surface area contributed by atoms with Gasteiger partial charge in [0.1, 0.15) is 5.82 Å². The predicted octanol–water partition coefficient (Wildman–Crippen LogP) is 4.53. The minimum Gasteiger partial charge on any atom is -0.326 e. The second kappa shape index (κ2) is 6.30. The summed E-state index contributed by atoms with van der Waals surface area (Å²) in [7, 11) is 0. The predicted molar refractivity (Wildman–Crippen MR) is 80.6 cm³/mol. The Bertz CT molecular complexity index is 599. The standard InChI is InChI=1S/C14H10Br2FNO/c15-10-1-4-12(5-2-10)18-14(19)8-9-7-11(16)3-6-13(9)17/h1-7H,8H2,(H,18,19). The third-order valence-corrected chi connectivity index (χ3v) is 3.51. The van der Waals surface area contributed by atoms with Crippen LogP contribution in [-0.4, -0.2) is 5.91 Å².